The predicted molar refractivity (Wildman–Crippen MR) is 78.7 cm³/mol. The SMILES string of the molecule is Cc1nc(NC(=O)[C@@H](N)c2ccccc2)ccc1Br. The third-order valence-corrected chi connectivity index (χ3v) is 3.55. The molecule has 1 aromatic heterocycles. The van der Waals surface area contributed by atoms with Gasteiger partial charge in [-0.05, 0) is 40.5 Å². The van der Waals surface area contributed by atoms with Gasteiger partial charge >= 0.3 is 0 Å². The van der Waals surface area contributed by atoms with E-state index in [4.69, 9.17) is 5.73 Å². The highest BCUT2D eigenvalue weighted by Crippen LogP contribution is 2.17. The van der Waals surface area contributed by atoms with Crippen LogP contribution >= 0.6 is 15.9 Å². The molecule has 2 aromatic rings. The van der Waals surface area contributed by atoms with Gasteiger partial charge in [0.2, 0.25) is 5.91 Å². The Hall–Kier alpha value is -1.72. The molecule has 98 valence electrons. The molecule has 0 saturated heterocycles. The van der Waals surface area contributed by atoms with Crippen LogP contribution < -0.4 is 11.1 Å². The highest BCUT2D eigenvalue weighted by molar-refractivity contribution is 9.10. The largest absolute Gasteiger partial charge is 0.316 e. The number of halogens is 1. The van der Waals surface area contributed by atoms with Crippen molar-refractivity contribution in [1.29, 1.82) is 0 Å². The minimum absolute atomic E-state index is 0.277. The fourth-order valence-corrected chi connectivity index (χ4v) is 1.85. The van der Waals surface area contributed by atoms with Crippen molar-refractivity contribution in [3.8, 4) is 0 Å². The minimum atomic E-state index is -0.702. The normalized spacial score (nSPS) is 11.9. The Morgan fingerprint density at radius 1 is 1.26 bits per heavy atom. The Morgan fingerprint density at radius 2 is 1.95 bits per heavy atom. The van der Waals surface area contributed by atoms with Gasteiger partial charge in [0.25, 0.3) is 0 Å². The van der Waals surface area contributed by atoms with Gasteiger partial charge < -0.3 is 11.1 Å². The number of rotatable bonds is 3. The number of nitrogens with one attached hydrogen (secondary N) is 1. The molecular formula is C14H14BrN3O. The lowest BCUT2D eigenvalue weighted by atomic mass is 10.1. The zero-order valence-electron chi connectivity index (χ0n) is 10.4. The molecule has 4 nitrogen and oxygen atoms in total. The number of carbonyl (C=O) groups is 1. The zero-order valence-corrected chi connectivity index (χ0v) is 12.0. The van der Waals surface area contributed by atoms with Crippen LogP contribution in [-0.4, -0.2) is 10.9 Å². The minimum Gasteiger partial charge on any atom is -0.316 e. The van der Waals surface area contributed by atoms with Crippen molar-refractivity contribution >= 4 is 27.7 Å². The second-order valence-electron chi connectivity index (χ2n) is 4.14. The van der Waals surface area contributed by atoms with Crippen LogP contribution in [-0.2, 0) is 4.79 Å². The summed E-state index contributed by atoms with van der Waals surface area (Å²) in [5.74, 6) is 0.220. The van der Waals surface area contributed by atoms with E-state index in [1.807, 2.05) is 43.3 Å². The monoisotopic (exact) mass is 319 g/mol. The number of amides is 1. The number of nitrogens with two attached hydrogens (primary N) is 1. The topological polar surface area (TPSA) is 68.0 Å². The lowest BCUT2D eigenvalue weighted by Gasteiger charge is -2.12. The van der Waals surface area contributed by atoms with Gasteiger partial charge in [-0.1, -0.05) is 30.3 Å². The number of benzene rings is 1. The molecule has 0 aliphatic heterocycles. The molecule has 1 aromatic carbocycles. The van der Waals surface area contributed by atoms with Crippen LogP contribution in [0.15, 0.2) is 46.9 Å². The molecule has 0 spiro atoms. The molecule has 0 saturated carbocycles. The average molecular weight is 320 g/mol. The summed E-state index contributed by atoms with van der Waals surface area (Å²) in [5, 5.41) is 2.71. The molecule has 0 unspecified atom stereocenters. The van der Waals surface area contributed by atoms with Crippen molar-refractivity contribution in [2.24, 2.45) is 5.73 Å². The summed E-state index contributed by atoms with van der Waals surface area (Å²) in [6, 6.07) is 12.1. The second kappa shape index (κ2) is 5.95. The molecule has 0 radical (unpaired) electrons. The summed E-state index contributed by atoms with van der Waals surface area (Å²) < 4.78 is 0.901. The first-order valence-electron chi connectivity index (χ1n) is 5.82. The van der Waals surface area contributed by atoms with Gasteiger partial charge in [0.15, 0.2) is 0 Å². The Bertz CT molecular complexity index is 586. The molecule has 1 heterocycles. The quantitative estimate of drug-likeness (QED) is 0.914. The van der Waals surface area contributed by atoms with Crippen LogP contribution in [0.4, 0.5) is 5.82 Å². The third-order valence-electron chi connectivity index (χ3n) is 2.71. The molecule has 2 rings (SSSR count). The Balaban J connectivity index is 2.10. The fourth-order valence-electron chi connectivity index (χ4n) is 1.63. The van der Waals surface area contributed by atoms with Crippen molar-refractivity contribution in [2.45, 2.75) is 13.0 Å². The Kier molecular flexibility index (Phi) is 4.29. The van der Waals surface area contributed by atoms with Crippen molar-refractivity contribution in [1.82, 2.24) is 4.98 Å². The number of hydrogen-bond donors (Lipinski definition) is 2. The van der Waals surface area contributed by atoms with E-state index in [2.05, 4.69) is 26.2 Å². The van der Waals surface area contributed by atoms with Crippen LogP contribution in [0.2, 0.25) is 0 Å². The molecule has 19 heavy (non-hydrogen) atoms. The standard InChI is InChI=1S/C14H14BrN3O/c1-9-11(15)7-8-12(17-9)18-14(19)13(16)10-5-3-2-4-6-10/h2-8,13H,16H2,1H3,(H,17,18,19)/t13-/m0/s1. The molecule has 1 amide bonds. The lowest BCUT2D eigenvalue weighted by molar-refractivity contribution is -0.117. The van der Waals surface area contributed by atoms with Gasteiger partial charge in [-0.3, -0.25) is 4.79 Å². The van der Waals surface area contributed by atoms with Crippen molar-refractivity contribution in [3.63, 3.8) is 0 Å². The molecule has 5 heteroatoms. The zero-order chi connectivity index (χ0) is 13.8. The van der Waals surface area contributed by atoms with Crippen LogP contribution in [0.1, 0.15) is 17.3 Å². The van der Waals surface area contributed by atoms with Gasteiger partial charge in [0.1, 0.15) is 11.9 Å². The van der Waals surface area contributed by atoms with Crippen LogP contribution in [0.5, 0.6) is 0 Å². The van der Waals surface area contributed by atoms with Crippen LogP contribution in [0.3, 0.4) is 0 Å². The molecule has 0 fully saturated rings. The first-order valence-corrected chi connectivity index (χ1v) is 6.62. The van der Waals surface area contributed by atoms with Gasteiger partial charge in [-0.15, -0.1) is 0 Å². The number of aryl methyl sites for hydroxylation is 1. The van der Waals surface area contributed by atoms with E-state index in [-0.39, 0.29) is 5.91 Å². The number of nitrogens with zero attached hydrogens (tertiary/aromatic N) is 1. The Morgan fingerprint density at radius 3 is 2.58 bits per heavy atom. The average Bonchev–Trinajstić information content (AvgIpc) is 2.43. The van der Waals surface area contributed by atoms with E-state index in [1.165, 1.54) is 0 Å². The molecule has 0 bridgehead atoms. The summed E-state index contributed by atoms with van der Waals surface area (Å²) in [6.45, 7) is 1.86. The Labute approximate surface area is 120 Å². The number of pyridine rings is 1. The molecule has 3 N–H and O–H groups in total. The van der Waals surface area contributed by atoms with Gasteiger partial charge in [-0.2, -0.15) is 0 Å². The predicted octanol–water partition coefficient (Wildman–Crippen LogP) is 2.79. The summed E-state index contributed by atoms with van der Waals surface area (Å²) >= 11 is 3.36. The van der Waals surface area contributed by atoms with Crippen molar-refractivity contribution in [2.75, 3.05) is 5.32 Å². The molecule has 0 aliphatic carbocycles. The first-order chi connectivity index (χ1) is 9.08. The highest BCUT2D eigenvalue weighted by atomic mass is 79.9. The summed E-state index contributed by atoms with van der Waals surface area (Å²) in [4.78, 5) is 16.3. The second-order valence-corrected chi connectivity index (χ2v) is 5.00. The summed E-state index contributed by atoms with van der Waals surface area (Å²) in [5.41, 5.74) is 7.49. The van der Waals surface area contributed by atoms with E-state index in [0.29, 0.717) is 5.82 Å². The lowest BCUT2D eigenvalue weighted by Crippen LogP contribution is -2.28. The van der Waals surface area contributed by atoms with Gasteiger partial charge in [-0.25, -0.2) is 4.98 Å². The van der Waals surface area contributed by atoms with Crippen LogP contribution in [0, 0.1) is 6.92 Å². The maximum atomic E-state index is 12.0. The molecule has 1 atom stereocenters. The highest BCUT2D eigenvalue weighted by Gasteiger charge is 2.16. The smallest absolute Gasteiger partial charge is 0.247 e. The number of aromatic nitrogens is 1. The van der Waals surface area contributed by atoms with E-state index in [9.17, 15) is 4.79 Å². The summed E-state index contributed by atoms with van der Waals surface area (Å²) in [6.07, 6.45) is 0. The molecular weight excluding hydrogens is 306 g/mol. The maximum absolute atomic E-state index is 12.0. The third kappa shape index (κ3) is 3.39. The van der Waals surface area contributed by atoms with Gasteiger partial charge in [0.05, 0.1) is 5.69 Å². The molecule has 0 aliphatic rings. The number of hydrogen-bond acceptors (Lipinski definition) is 3. The van der Waals surface area contributed by atoms with E-state index in [1.54, 1.807) is 6.07 Å². The first kappa shape index (κ1) is 13.7. The fraction of sp³-hybridized carbons (Fsp3) is 0.143. The number of anilines is 1. The van der Waals surface area contributed by atoms with Crippen molar-refractivity contribution < 1.29 is 4.79 Å². The van der Waals surface area contributed by atoms with E-state index in [0.717, 1.165) is 15.7 Å². The van der Waals surface area contributed by atoms with E-state index < -0.39 is 6.04 Å². The van der Waals surface area contributed by atoms with Crippen molar-refractivity contribution in [3.05, 3.63) is 58.2 Å². The van der Waals surface area contributed by atoms with Crippen LogP contribution in [0.25, 0.3) is 0 Å². The van der Waals surface area contributed by atoms with Gasteiger partial charge in [0, 0.05) is 4.47 Å². The maximum Gasteiger partial charge on any atom is 0.247 e. The van der Waals surface area contributed by atoms with E-state index >= 15 is 0 Å². The number of carbonyl (C=O) groups excluding carboxylic acids is 1. The summed E-state index contributed by atoms with van der Waals surface area (Å²) in [7, 11) is 0.